The monoisotopic (exact) mass is 430 g/mol. The van der Waals surface area contributed by atoms with E-state index in [9.17, 15) is 9.59 Å². The number of halogens is 1. The summed E-state index contributed by atoms with van der Waals surface area (Å²) in [4.78, 5) is 26.4. The van der Waals surface area contributed by atoms with Gasteiger partial charge in [-0.3, -0.25) is 9.59 Å². The molecule has 0 unspecified atom stereocenters. The first kappa shape index (κ1) is 21.6. The Kier molecular flexibility index (Phi) is 7.62. The lowest BCUT2D eigenvalue weighted by Crippen LogP contribution is -2.32. The number of aromatic nitrogens is 2. The third-order valence-corrected chi connectivity index (χ3v) is 4.58. The fourth-order valence-electron chi connectivity index (χ4n) is 2.85. The average Bonchev–Trinajstić information content (AvgIpc) is 3.43. The Bertz CT molecular complexity index is 954. The molecule has 1 N–H and O–H groups in total. The summed E-state index contributed by atoms with van der Waals surface area (Å²) in [6, 6.07) is 10.1. The van der Waals surface area contributed by atoms with Crippen molar-refractivity contribution >= 4 is 23.4 Å². The van der Waals surface area contributed by atoms with Crippen LogP contribution in [-0.2, 0) is 11.3 Å². The van der Waals surface area contributed by atoms with Crippen LogP contribution < -0.4 is 5.32 Å². The van der Waals surface area contributed by atoms with E-state index in [0.29, 0.717) is 48.2 Å². The average molecular weight is 431 g/mol. The van der Waals surface area contributed by atoms with Crippen molar-refractivity contribution in [2.75, 3.05) is 13.1 Å². The first-order chi connectivity index (χ1) is 14.6. The zero-order chi connectivity index (χ0) is 21.3. The lowest BCUT2D eigenvalue weighted by atomic mass is 10.2. The van der Waals surface area contributed by atoms with Gasteiger partial charge in [-0.2, -0.15) is 0 Å². The topological polar surface area (TPSA) is 101 Å². The Morgan fingerprint density at radius 1 is 1.17 bits per heavy atom. The number of hydrogen-bond acceptors (Lipinski definition) is 6. The molecular weight excluding hydrogens is 408 g/mol. The second-order valence-corrected chi connectivity index (χ2v) is 7.10. The number of nitrogens with one attached hydrogen (secondary N) is 1. The molecule has 0 saturated heterocycles. The lowest BCUT2D eigenvalue weighted by Gasteiger charge is -2.20. The second-order valence-electron chi connectivity index (χ2n) is 6.66. The van der Waals surface area contributed by atoms with Crippen LogP contribution in [0.2, 0.25) is 5.02 Å². The predicted octanol–water partition coefficient (Wildman–Crippen LogP) is 3.93. The molecule has 2 heterocycles. The van der Waals surface area contributed by atoms with E-state index in [1.165, 1.54) is 6.26 Å². The summed E-state index contributed by atoms with van der Waals surface area (Å²) >= 11 is 5.82. The molecule has 3 aromatic rings. The standard InChI is InChI=1S/C21H23ClN4O4/c1-2-12-26(14-18-24-25-21(30-18)17-5-4-13-29-17)19(27)6-3-11-23-20(28)15-7-9-16(22)10-8-15/h4-5,7-10,13H,2-3,6,11-12,14H2,1H3,(H,23,28). The summed E-state index contributed by atoms with van der Waals surface area (Å²) in [7, 11) is 0. The van der Waals surface area contributed by atoms with Gasteiger partial charge >= 0.3 is 0 Å². The highest BCUT2D eigenvalue weighted by molar-refractivity contribution is 6.30. The van der Waals surface area contributed by atoms with Crippen LogP contribution in [0.1, 0.15) is 42.4 Å². The SMILES string of the molecule is CCCN(Cc1nnc(-c2ccco2)o1)C(=O)CCCNC(=O)c1ccc(Cl)cc1. The molecular formula is C21H23ClN4O4. The zero-order valence-corrected chi connectivity index (χ0v) is 17.4. The predicted molar refractivity (Wildman–Crippen MR) is 111 cm³/mol. The van der Waals surface area contributed by atoms with Crippen molar-refractivity contribution in [1.82, 2.24) is 20.4 Å². The smallest absolute Gasteiger partial charge is 0.283 e. The summed E-state index contributed by atoms with van der Waals surface area (Å²) in [5.41, 5.74) is 0.530. The number of carbonyl (C=O) groups is 2. The molecule has 0 aliphatic rings. The van der Waals surface area contributed by atoms with Crippen molar-refractivity contribution < 1.29 is 18.4 Å². The maximum absolute atomic E-state index is 12.6. The number of nitrogens with zero attached hydrogens (tertiary/aromatic N) is 3. The van der Waals surface area contributed by atoms with Gasteiger partial charge in [0.25, 0.3) is 11.8 Å². The van der Waals surface area contributed by atoms with Crippen LogP contribution in [0.3, 0.4) is 0 Å². The van der Waals surface area contributed by atoms with Crippen molar-refractivity contribution in [3.05, 3.63) is 59.1 Å². The van der Waals surface area contributed by atoms with E-state index in [0.717, 1.165) is 6.42 Å². The molecule has 0 atom stereocenters. The van der Waals surface area contributed by atoms with Gasteiger partial charge in [0.2, 0.25) is 11.8 Å². The van der Waals surface area contributed by atoms with Gasteiger partial charge < -0.3 is 19.1 Å². The van der Waals surface area contributed by atoms with Crippen molar-refractivity contribution in [2.24, 2.45) is 0 Å². The van der Waals surface area contributed by atoms with Crippen molar-refractivity contribution in [3.63, 3.8) is 0 Å². The highest BCUT2D eigenvalue weighted by Crippen LogP contribution is 2.19. The van der Waals surface area contributed by atoms with Gasteiger partial charge in [-0.1, -0.05) is 18.5 Å². The molecule has 0 aliphatic carbocycles. The van der Waals surface area contributed by atoms with Crippen LogP contribution in [0.25, 0.3) is 11.7 Å². The zero-order valence-electron chi connectivity index (χ0n) is 16.6. The molecule has 0 saturated carbocycles. The summed E-state index contributed by atoms with van der Waals surface area (Å²) in [6.07, 6.45) is 3.16. The van der Waals surface area contributed by atoms with Gasteiger partial charge in [-0.15, -0.1) is 10.2 Å². The van der Waals surface area contributed by atoms with E-state index in [-0.39, 0.29) is 24.2 Å². The Labute approximate surface area is 179 Å². The van der Waals surface area contributed by atoms with E-state index >= 15 is 0 Å². The highest BCUT2D eigenvalue weighted by Gasteiger charge is 2.18. The summed E-state index contributed by atoms with van der Waals surface area (Å²) in [5.74, 6) is 0.887. The first-order valence-electron chi connectivity index (χ1n) is 9.74. The van der Waals surface area contributed by atoms with Crippen LogP contribution >= 0.6 is 11.6 Å². The maximum atomic E-state index is 12.6. The van der Waals surface area contributed by atoms with Gasteiger partial charge in [-0.05, 0) is 49.2 Å². The molecule has 1 aromatic carbocycles. The molecule has 9 heteroatoms. The molecule has 30 heavy (non-hydrogen) atoms. The molecule has 158 valence electrons. The molecule has 0 spiro atoms. The maximum Gasteiger partial charge on any atom is 0.283 e. The fourth-order valence-corrected chi connectivity index (χ4v) is 2.97. The van der Waals surface area contributed by atoms with Crippen molar-refractivity contribution in [1.29, 1.82) is 0 Å². The molecule has 3 rings (SSSR count). The van der Waals surface area contributed by atoms with Gasteiger partial charge in [0.15, 0.2) is 5.76 Å². The largest absolute Gasteiger partial charge is 0.459 e. The van der Waals surface area contributed by atoms with E-state index in [4.69, 9.17) is 20.4 Å². The normalized spacial score (nSPS) is 10.7. The third-order valence-electron chi connectivity index (χ3n) is 4.33. The van der Waals surface area contributed by atoms with Crippen LogP contribution in [0, 0.1) is 0 Å². The molecule has 0 bridgehead atoms. The Hall–Kier alpha value is -3.13. The van der Waals surface area contributed by atoms with E-state index < -0.39 is 0 Å². The van der Waals surface area contributed by atoms with Crippen molar-refractivity contribution in [2.45, 2.75) is 32.7 Å². The summed E-state index contributed by atoms with van der Waals surface area (Å²) < 4.78 is 10.8. The number of carbonyl (C=O) groups excluding carboxylic acids is 2. The van der Waals surface area contributed by atoms with Gasteiger partial charge in [-0.25, -0.2) is 0 Å². The van der Waals surface area contributed by atoms with Crippen LogP contribution in [0.4, 0.5) is 0 Å². The molecule has 2 amide bonds. The third kappa shape index (κ3) is 5.93. The van der Waals surface area contributed by atoms with Crippen molar-refractivity contribution in [3.8, 4) is 11.7 Å². The molecule has 2 aromatic heterocycles. The fraction of sp³-hybridized carbons (Fsp3) is 0.333. The summed E-state index contributed by atoms with van der Waals surface area (Å²) in [6.45, 7) is 3.21. The van der Waals surface area contributed by atoms with E-state index in [1.807, 2.05) is 6.92 Å². The van der Waals surface area contributed by atoms with Gasteiger partial charge in [0.1, 0.15) is 0 Å². The highest BCUT2D eigenvalue weighted by atomic mass is 35.5. The van der Waals surface area contributed by atoms with E-state index in [1.54, 1.807) is 41.3 Å². The quantitative estimate of drug-likeness (QED) is 0.489. The number of benzene rings is 1. The van der Waals surface area contributed by atoms with Gasteiger partial charge in [0, 0.05) is 30.1 Å². The number of furan rings is 1. The molecule has 8 nitrogen and oxygen atoms in total. The number of hydrogen-bond donors (Lipinski definition) is 1. The van der Waals surface area contributed by atoms with E-state index in [2.05, 4.69) is 15.5 Å². The molecule has 0 aliphatic heterocycles. The van der Waals surface area contributed by atoms with Crippen LogP contribution in [0.5, 0.6) is 0 Å². The lowest BCUT2D eigenvalue weighted by molar-refractivity contribution is -0.132. The van der Waals surface area contributed by atoms with Crippen LogP contribution in [0.15, 0.2) is 51.5 Å². The minimum atomic E-state index is -0.194. The Morgan fingerprint density at radius 2 is 1.97 bits per heavy atom. The Balaban J connectivity index is 1.47. The number of rotatable bonds is 10. The minimum absolute atomic E-state index is 0.0321. The Morgan fingerprint density at radius 3 is 2.67 bits per heavy atom. The molecule has 0 fully saturated rings. The first-order valence-corrected chi connectivity index (χ1v) is 10.1. The number of amides is 2. The second kappa shape index (κ2) is 10.6. The van der Waals surface area contributed by atoms with Crippen LogP contribution in [-0.4, -0.2) is 40.0 Å². The van der Waals surface area contributed by atoms with Gasteiger partial charge in [0.05, 0.1) is 12.8 Å². The summed E-state index contributed by atoms with van der Waals surface area (Å²) in [5, 5.41) is 11.3. The molecule has 0 radical (unpaired) electrons. The minimum Gasteiger partial charge on any atom is -0.459 e.